The molecule has 2 saturated carbocycles. The minimum absolute atomic E-state index is 0.0559. The number of benzene rings is 1. The van der Waals surface area contributed by atoms with E-state index in [9.17, 15) is 19.8 Å². The third kappa shape index (κ3) is 2.91. The summed E-state index contributed by atoms with van der Waals surface area (Å²) in [5, 5.41) is 25.2. The summed E-state index contributed by atoms with van der Waals surface area (Å²) >= 11 is 0. The number of hydrogen-bond acceptors (Lipinski definition) is 7. The van der Waals surface area contributed by atoms with Crippen LogP contribution >= 0.6 is 0 Å². The Labute approximate surface area is 210 Å². The van der Waals surface area contributed by atoms with Gasteiger partial charge in [-0.3, -0.25) is 9.69 Å². The van der Waals surface area contributed by atoms with E-state index >= 15 is 0 Å². The Morgan fingerprint density at radius 2 is 1.94 bits per heavy atom. The number of esters is 1. The number of carbonyl (C=O) groups excluding carboxylic acids is 2. The zero-order chi connectivity index (χ0) is 24.8. The first-order valence-corrected chi connectivity index (χ1v) is 13.5. The minimum atomic E-state index is -1.04. The molecule has 0 aromatic heterocycles. The largest absolute Gasteiger partial charge is 0.508 e. The molecule has 1 saturated heterocycles. The molecule has 0 unspecified atom stereocenters. The Morgan fingerprint density at radius 3 is 2.67 bits per heavy atom. The highest BCUT2D eigenvalue weighted by Crippen LogP contribution is 2.64. The molecule has 3 N–H and O–H groups in total. The normalized spacial score (nSPS) is 33.6. The average molecular weight is 495 g/mol. The minimum Gasteiger partial charge on any atom is -0.508 e. The number of likely N-dealkylation sites (tertiary alicyclic amines) is 1. The highest BCUT2D eigenvalue weighted by molar-refractivity contribution is 5.98. The molecule has 2 bridgehead atoms. The number of aliphatic hydroxyl groups is 1. The number of amides is 1. The van der Waals surface area contributed by atoms with Gasteiger partial charge in [0.25, 0.3) is 5.91 Å². The highest BCUT2D eigenvalue weighted by atomic mass is 16.5. The van der Waals surface area contributed by atoms with E-state index in [2.05, 4.69) is 10.2 Å². The number of nitrogens with one attached hydrogen (secondary N) is 1. The molecular weight excluding hydrogens is 460 g/mol. The lowest BCUT2D eigenvalue weighted by molar-refractivity contribution is -0.150. The SMILES string of the molecule is COC(=O)C1(NC(=O)C2=C(O)[C@@H]3Oc4c(O)ccc5c4[C@@]34CCN(CC3CC3)[C@H](C5)[C@@H]4C2)CCCC1. The van der Waals surface area contributed by atoms with Gasteiger partial charge >= 0.3 is 5.97 Å². The van der Waals surface area contributed by atoms with E-state index in [1.807, 2.05) is 6.07 Å². The van der Waals surface area contributed by atoms with E-state index in [0.717, 1.165) is 50.3 Å². The number of methoxy groups -OCH3 is 1. The number of carbonyl (C=O) groups is 2. The zero-order valence-corrected chi connectivity index (χ0v) is 20.7. The van der Waals surface area contributed by atoms with Gasteiger partial charge in [0.15, 0.2) is 17.6 Å². The Kier molecular flexibility index (Phi) is 4.76. The van der Waals surface area contributed by atoms with E-state index < -0.39 is 28.9 Å². The molecule has 1 aromatic rings. The summed E-state index contributed by atoms with van der Waals surface area (Å²) in [4.78, 5) is 29.0. The van der Waals surface area contributed by atoms with Crippen molar-refractivity contribution in [1.29, 1.82) is 0 Å². The predicted molar refractivity (Wildman–Crippen MR) is 130 cm³/mol. The monoisotopic (exact) mass is 494 g/mol. The van der Waals surface area contributed by atoms with Gasteiger partial charge in [-0.2, -0.15) is 0 Å². The summed E-state index contributed by atoms with van der Waals surface area (Å²) in [7, 11) is 1.35. The third-order valence-corrected chi connectivity index (χ3v) is 10.1. The lowest BCUT2D eigenvalue weighted by Gasteiger charge is -2.58. The number of aliphatic hydroxyl groups excluding tert-OH is 1. The van der Waals surface area contributed by atoms with E-state index in [0.29, 0.717) is 30.6 Å². The van der Waals surface area contributed by atoms with Crippen molar-refractivity contribution in [2.24, 2.45) is 11.8 Å². The van der Waals surface area contributed by atoms with Crippen LogP contribution in [-0.4, -0.2) is 64.9 Å². The second-order valence-electron chi connectivity index (χ2n) is 11.9. The zero-order valence-electron chi connectivity index (χ0n) is 20.7. The molecule has 2 aliphatic heterocycles. The molecule has 0 radical (unpaired) electrons. The Balaban J connectivity index is 1.30. The van der Waals surface area contributed by atoms with Crippen LogP contribution < -0.4 is 10.1 Å². The summed E-state index contributed by atoms with van der Waals surface area (Å²) in [5.74, 6) is 0.501. The van der Waals surface area contributed by atoms with Crippen LogP contribution in [-0.2, 0) is 26.2 Å². The van der Waals surface area contributed by atoms with Gasteiger partial charge in [-0.05, 0) is 75.0 Å². The van der Waals surface area contributed by atoms with Crippen molar-refractivity contribution < 1.29 is 29.3 Å². The lowest BCUT2D eigenvalue weighted by atomic mass is 9.52. The van der Waals surface area contributed by atoms with Gasteiger partial charge in [0.05, 0.1) is 12.7 Å². The van der Waals surface area contributed by atoms with Crippen LogP contribution in [0.25, 0.3) is 0 Å². The van der Waals surface area contributed by atoms with Crippen LogP contribution in [0.5, 0.6) is 11.5 Å². The second-order valence-corrected chi connectivity index (χ2v) is 11.9. The number of aromatic hydroxyl groups is 1. The number of hydrogen-bond donors (Lipinski definition) is 3. The fourth-order valence-corrected chi connectivity index (χ4v) is 8.19. The Morgan fingerprint density at radius 1 is 1.17 bits per heavy atom. The predicted octanol–water partition coefficient (Wildman–Crippen LogP) is 2.87. The van der Waals surface area contributed by atoms with E-state index in [-0.39, 0.29) is 23.5 Å². The Bertz CT molecular complexity index is 1180. The highest BCUT2D eigenvalue weighted by Gasteiger charge is 2.66. The van der Waals surface area contributed by atoms with Gasteiger partial charge in [0, 0.05) is 23.6 Å². The van der Waals surface area contributed by atoms with Crippen molar-refractivity contribution in [1.82, 2.24) is 10.2 Å². The number of phenols is 1. The van der Waals surface area contributed by atoms with Crippen molar-refractivity contribution in [3.63, 3.8) is 0 Å². The third-order valence-electron chi connectivity index (χ3n) is 10.1. The molecule has 2 heterocycles. The first-order chi connectivity index (χ1) is 17.4. The molecule has 8 heteroatoms. The van der Waals surface area contributed by atoms with Crippen LogP contribution in [0.2, 0.25) is 0 Å². The molecule has 192 valence electrons. The first-order valence-electron chi connectivity index (χ1n) is 13.5. The molecule has 4 atom stereocenters. The first kappa shape index (κ1) is 22.5. The summed E-state index contributed by atoms with van der Waals surface area (Å²) in [6.45, 7) is 2.00. The maximum atomic E-state index is 13.7. The number of phenolic OH excluding ortho intramolecular Hbond substituents is 1. The molecule has 1 amide bonds. The topological polar surface area (TPSA) is 108 Å². The van der Waals surface area contributed by atoms with Crippen LogP contribution in [0.4, 0.5) is 0 Å². The quantitative estimate of drug-likeness (QED) is 0.540. The molecule has 1 aromatic carbocycles. The van der Waals surface area contributed by atoms with Gasteiger partial charge in [-0.25, -0.2) is 4.79 Å². The van der Waals surface area contributed by atoms with Crippen molar-refractivity contribution in [2.75, 3.05) is 20.2 Å². The molecule has 8 nitrogen and oxygen atoms in total. The molecule has 6 aliphatic rings. The molecule has 36 heavy (non-hydrogen) atoms. The van der Waals surface area contributed by atoms with Crippen LogP contribution in [0.1, 0.15) is 62.5 Å². The number of ether oxygens (including phenoxy) is 2. The van der Waals surface area contributed by atoms with Crippen LogP contribution in [0.15, 0.2) is 23.5 Å². The molecular formula is C28H34N2O6. The van der Waals surface area contributed by atoms with Crippen LogP contribution in [0, 0.1) is 11.8 Å². The number of rotatable bonds is 5. The second kappa shape index (κ2) is 7.63. The smallest absolute Gasteiger partial charge is 0.331 e. The number of nitrogens with zero attached hydrogens (tertiary/aromatic N) is 1. The average Bonchev–Trinajstić information content (AvgIpc) is 3.43. The van der Waals surface area contributed by atoms with E-state index in [1.165, 1.54) is 25.5 Å². The van der Waals surface area contributed by atoms with E-state index in [1.54, 1.807) is 6.07 Å². The lowest BCUT2D eigenvalue weighted by Crippen LogP contribution is -2.65. The van der Waals surface area contributed by atoms with Gasteiger partial charge in [0.1, 0.15) is 11.3 Å². The fourth-order valence-electron chi connectivity index (χ4n) is 8.19. The van der Waals surface area contributed by atoms with Gasteiger partial charge in [0.2, 0.25) is 0 Å². The fraction of sp³-hybridized carbons (Fsp3) is 0.643. The van der Waals surface area contributed by atoms with Crippen LogP contribution in [0.3, 0.4) is 0 Å². The molecule has 4 aliphatic carbocycles. The summed E-state index contributed by atoms with van der Waals surface area (Å²) in [6, 6.07) is 3.94. The summed E-state index contributed by atoms with van der Waals surface area (Å²) in [6.07, 6.45) is 6.70. The van der Waals surface area contributed by atoms with Crippen molar-refractivity contribution >= 4 is 11.9 Å². The summed E-state index contributed by atoms with van der Waals surface area (Å²) in [5.41, 5.74) is 1.04. The van der Waals surface area contributed by atoms with E-state index in [4.69, 9.17) is 9.47 Å². The maximum absolute atomic E-state index is 13.7. The van der Waals surface area contributed by atoms with Crippen molar-refractivity contribution in [3.05, 3.63) is 34.6 Å². The molecule has 1 spiro atoms. The number of piperidine rings is 1. The van der Waals surface area contributed by atoms with Crippen molar-refractivity contribution in [2.45, 2.75) is 80.9 Å². The van der Waals surface area contributed by atoms with Gasteiger partial charge in [-0.1, -0.05) is 18.9 Å². The van der Waals surface area contributed by atoms with Gasteiger partial charge in [-0.15, -0.1) is 0 Å². The molecule has 3 fully saturated rings. The van der Waals surface area contributed by atoms with Gasteiger partial charge < -0.3 is 25.0 Å². The van der Waals surface area contributed by atoms with Crippen molar-refractivity contribution in [3.8, 4) is 11.5 Å². The maximum Gasteiger partial charge on any atom is 0.331 e. The summed E-state index contributed by atoms with van der Waals surface area (Å²) < 4.78 is 11.4. The molecule has 7 rings (SSSR count). The standard InChI is InChI=1S/C28H34N2O6/c1-35-26(34)27(8-2-3-9-27)29-25(33)17-13-18-19-12-16-6-7-20(31)23-21(16)28(18,24(36-23)22(17)32)10-11-30(19)14-15-4-5-15/h6-7,15,18-19,24,31-32H,2-5,8-14H2,1H3,(H,29,33)/t18-,19+,24-,28-/m0/s1. The Hall–Kier alpha value is -2.74.